The molecule has 5 heteroatoms. The van der Waals surface area contributed by atoms with E-state index in [0.717, 1.165) is 6.42 Å². The molecule has 0 aromatic rings. The second-order valence-electron chi connectivity index (χ2n) is 5.31. The second-order valence-corrected chi connectivity index (χ2v) is 5.31. The van der Waals surface area contributed by atoms with Crippen molar-refractivity contribution in [1.82, 2.24) is 10.6 Å². The molecule has 0 aliphatic carbocycles. The molecule has 0 bridgehead atoms. The molecule has 0 saturated heterocycles. The molecule has 0 saturated carbocycles. The highest BCUT2D eigenvalue weighted by Gasteiger charge is 2.17. The van der Waals surface area contributed by atoms with E-state index < -0.39 is 5.92 Å². The Morgan fingerprint density at radius 2 is 1.94 bits per heavy atom. The zero-order chi connectivity index (χ0) is 14.2. The van der Waals surface area contributed by atoms with Crippen molar-refractivity contribution in [3.8, 4) is 6.07 Å². The van der Waals surface area contributed by atoms with Crippen LogP contribution in [0.5, 0.6) is 0 Å². The average molecular weight is 253 g/mol. The first-order valence-corrected chi connectivity index (χ1v) is 6.28. The molecule has 5 nitrogen and oxygen atoms in total. The van der Waals surface area contributed by atoms with Crippen molar-refractivity contribution in [2.24, 2.45) is 5.92 Å². The Morgan fingerprint density at radius 1 is 1.33 bits per heavy atom. The van der Waals surface area contributed by atoms with Gasteiger partial charge in [-0.15, -0.1) is 0 Å². The number of carbonyl (C=O) groups is 2. The second kappa shape index (κ2) is 7.70. The molecule has 102 valence electrons. The van der Waals surface area contributed by atoms with E-state index >= 15 is 0 Å². The van der Waals surface area contributed by atoms with Gasteiger partial charge in [0.05, 0.1) is 6.07 Å². The van der Waals surface area contributed by atoms with Gasteiger partial charge >= 0.3 is 0 Å². The predicted octanol–water partition coefficient (Wildman–Crippen LogP) is 1.35. The van der Waals surface area contributed by atoms with E-state index in [4.69, 9.17) is 5.26 Å². The van der Waals surface area contributed by atoms with Crippen molar-refractivity contribution in [3.63, 3.8) is 0 Å². The molecule has 0 aliphatic rings. The van der Waals surface area contributed by atoms with Crippen LogP contribution in [0.2, 0.25) is 0 Å². The lowest BCUT2D eigenvalue weighted by Crippen LogP contribution is -2.42. The van der Waals surface area contributed by atoms with Crippen molar-refractivity contribution in [1.29, 1.82) is 5.26 Å². The van der Waals surface area contributed by atoms with Crippen LogP contribution in [0.4, 0.5) is 0 Å². The Kier molecular flexibility index (Phi) is 7.03. The van der Waals surface area contributed by atoms with Crippen LogP contribution in [0.15, 0.2) is 0 Å². The van der Waals surface area contributed by atoms with E-state index in [-0.39, 0.29) is 30.3 Å². The number of hydrogen-bond acceptors (Lipinski definition) is 3. The molecule has 0 radical (unpaired) electrons. The number of rotatable bonds is 6. The summed E-state index contributed by atoms with van der Waals surface area (Å²) in [7, 11) is 0. The molecule has 0 fully saturated rings. The number of hydrogen-bond donors (Lipinski definition) is 2. The minimum Gasteiger partial charge on any atom is -0.354 e. The summed E-state index contributed by atoms with van der Waals surface area (Å²) in [5.74, 6) is -1.00. The van der Waals surface area contributed by atoms with Crippen LogP contribution in [-0.2, 0) is 9.59 Å². The summed E-state index contributed by atoms with van der Waals surface area (Å²) >= 11 is 0. The summed E-state index contributed by atoms with van der Waals surface area (Å²) in [4.78, 5) is 23.0. The van der Waals surface area contributed by atoms with Gasteiger partial charge in [-0.1, -0.05) is 13.3 Å². The molecule has 0 aromatic carbocycles. The first-order chi connectivity index (χ1) is 8.30. The SMILES string of the molecule is CCCC(C#N)C(=O)NCCC(=O)NC(C)(C)C. The van der Waals surface area contributed by atoms with E-state index in [0.29, 0.717) is 6.42 Å². The molecule has 1 unspecified atom stereocenters. The number of nitriles is 1. The first kappa shape index (κ1) is 16.4. The monoisotopic (exact) mass is 253 g/mol. The molecular formula is C13H23N3O2. The third-order valence-corrected chi connectivity index (χ3v) is 2.22. The van der Waals surface area contributed by atoms with Crippen LogP contribution < -0.4 is 10.6 Å². The predicted molar refractivity (Wildman–Crippen MR) is 69.5 cm³/mol. The van der Waals surface area contributed by atoms with Gasteiger partial charge in [0.25, 0.3) is 0 Å². The number of carbonyl (C=O) groups excluding carboxylic acids is 2. The highest BCUT2D eigenvalue weighted by Crippen LogP contribution is 2.04. The van der Waals surface area contributed by atoms with Gasteiger partial charge in [-0.05, 0) is 27.2 Å². The fraction of sp³-hybridized carbons (Fsp3) is 0.769. The van der Waals surface area contributed by atoms with E-state index in [1.165, 1.54) is 0 Å². The quantitative estimate of drug-likeness (QED) is 0.749. The van der Waals surface area contributed by atoms with E-state index in [9.17, 15) is 9.59 Å². The standard InChI is InChI=1S/C13H23N3O2/c1-5-6-10(9-14)12(18)15-8-7-11(17)16-13(2,3)4/h10H,5-8H2,1-4H3,(H,15,18)(H,16,17). The summed E-state index contributed by atoms with van der Waals surface area (Å²) in [6.07, 6.45) is 1.57. The minimum atomic E-state index is -0.610. The highest BCUT2D eigenvalue weighted by molar-refractivity contribution is 5.82. The fourth-order valence-corrected chi connectivity index (χ4v) is 1.45. The molecule has 0 aromatic heterocycles. The van der Waals surface area contributed by atoms with Gasteiger partial charge in [0.2, 0.25) is 11.8 Å². The lowest BCUT2D eigenvalue weighted by molar-refractivity contribution is -0.124. The normalized spacial score (nSPS) is 12.4. The topological polar surface area (TPSA) is 82.0 Å². The summed E-state index contributed by atoms with van der Waals surface area (Å²) in [6.45, 7) is 7.89. The molecule has 0 aliphatic heterocycles. The Labute approximate surface area is 109 Å². The van der Waals surface area contributed by atoms with Crippen molar-refractivity contribution in [3.05, 3.63) is 0 Å². The van der Waals surface area contributed by atoms with Crippen molar-refractivity contribution >= 4 is 11.8 Å². The molecule has 0 rings (SSSR count). The molecule has 1 atom stereocenters. The van der Waals surface area contributed by atoms with Crippen LogP contribution in [0.3, 0.4) is 0 Å². The smallest absolute Gasteiger partial charge is 0.237 e. The maximum Gasteiger partial charge on any atom is 0.237 e. The zero-order valence-electron chi connectivity index (χ0n) is 11.7. The lowest BCUT2D eigenvalue weighted by Gasteiger charge is -2.20. The van der Waals surface area contributed by atoms with Crippen molar-refractivity contribution in [2.45, 2.75) is 52.5 Å². The van der Waals surface area contributed by atoms with Gasteiger partial charge in [-0.2, -0.15) is 5.26 Å². The van der Waals surface area contributed by atoms with E-state index in [1.807, 2.05) is 33.8 Å². The fourth-order valence-electron chi connectivity index (χ4n) is 1.45. The highest BCUT2D eigenvalue weighted by atomic mass is 16.2. The molecule has 0 heterocycles. The third kappa shape index (κ3) is 7.66. The third-order valence-electron chi connectivity index (χ3n) is 2.22. The van der Waals surface area contributed by atoms with Gasteiger partial charge in [0.15, 0.2) is 0 Å². The van der Waals surface area contributed by atoms with Crippen LogP contribution in [0.25, 0.3) is 0 Å². The Balaban J connectivity index is 3.94. The van der Waals surface area contributed by atoms with Crippen LogP contribution in [0.1, 0.15) is 47.0 Å². The first-order valence-electron chi connectivity index (χ1n) is 6.28. The van der Waals surface area contributed by atoms with Crippen LogP contribution in [-0.4, -0.2) is 23.9 Å². The summed E-state index contributed by atoms with van der Waals surface area (Å²) in [5.41, 5.74) is -0.265. The molecular weight excluding hydrogens is 230 g/mol. The van der Waals surface area contributed by atoms with Crippen LogP contribution in [0, 0.1) is 17.2 Å². The zero-order valence-corrected chi connectivity index (χ0v) is 11.7. The summed E-state index contributed by atoms with van der Waals surface area (Å²) in [5, 5.41) is 14.2. The minimum absolute atomic E-state index is 0.105. The maximum atomic E-state index is 11.6. The largest absolute Gasteiger partial charge is 0.354 e. The summed E-state index contributed by atoms with van der Waals surface area (Å²) < 4.78 is 0. The van der Waals surface area contributed by atoms with Gasteiger partial charge in [-0.3, -0.25) is 9.59 Å². The van der Waals surface area contributed by atoms with Crippen molar-refractivity contribution < 1.29 is 9.59 Å². The number of nitrogens with zero attached hydrogens (tertiary/aromatic N) is 1. The van der Waals surface area contributed by atoms with Gasteiger partial charge in [0.1, 0.15) is 5.92 Å². The van der Waals surface area contributed by atoms with Gasteiger partial charge < -0.3 is 10.6 Å². The summed E-state index contributed by atoms with van der Waals surface area (Å²) in [6, 6.07) is 1.97. The van der Waals surface area contributed by atoms with Crippen LogP contribution >= 0.6 is 0 Å². The number of amides is 2. The Bertz CT molecular complexity index is 326. The Morgan fingerprint density at radius 3 is 2.39 bits per heavy atom. The van der Waals surface area contributed by atoms with Crippen molar-refractivity contribution in [2.75, 3.05) is 6.54 Å². The molecule has 2 N–H and O–H groups in total. The maximum absolute atomic E-state index is 11.6. The number of nitrogens with one attached hydrogen (secondary N) is 2. The molecule has 2 amide bonds. The van der Waals surface area contributed by atoms with E-state index in [1.54, 1.807) is 0 Å². The van der Waals surface area contributed by atoms with E-state index in [2.05, 4.69) is 10.6 Å². The molecule has 0 spiro atoms. The molecule has 18 heavy (non-hydrogen) atoms. The lowest BCUT2D eigenvalue weighted by atomic mass is 10.0. The van der Waals surface area contributed by atoms with Gasteiger partial charge in [-0.25, -0.2) is 0 Å². The average Bonchev–Trinajstić information content (AvgIpc) is 2.23. The Hall–Kier alpha value is -1.57. The van der Waals surface area contributed by atoms with Gasteiger partial charge in [0, 0.05) is 18.5 Å².